The molecule has 2 fully saturated rings. The zero-order valence-electron chi connectivity index (χ0n) is 22.3. The Bertz CT molecular complexity index is 706. The maximum Gasteiger partial charge on any atom is 0.192 e. The largest absolute Gasteiger partial charge is 0.412 e. The molecular weight excluding hydrogens is 444 g/mol. The van der Waals surface area contributed by atoms with Crippen LogP contribution in [0.1, 0.15) is 58.4 Å². The summed E-state index contributed by atoms with van der Waals surface area (Å²) in [7, 11) is -0.169. The van der Waals surface area contributed by atoms with Crippen molar-refractivity contribution >= 4 is 8.32 Å². The normalized spacial score (nSPS) is 22.4. The summed E-state index contributed by atoms with van der Waals surface area (Å²) in [4.78, 5) is 0. The van der Waals surface area contributed by atoms with Crippen molar-refractivity contribution in [3.8, 4) is 0 Å². The van der Waals surface area contributed by atoms with Crippen LogP contribution in [0.2, 0.25) is 18.1 Å². The van der Waals surface area contributed by atoms with Crippen LogP contribution in [0.25, 0.3) is 0 Å². The molecule has 1 aromatic rings. The average Bonchev–Trinajstić information content (AvgIpc) is 3.46. The zero-order valence-corrected chi connectivity index (χ0v) is 23.3. The Morgan fingerprint density at radius 1 is 1.12 bits per heavy atom. The maximum atomic E-state index is 7.13. The molecule has 0 amide bonds. The highest BCUT2D eigenvalue weighted by Crippen LogP contribution is 2.38. The molecule has 2 aliphatic rings. The van der Waals surface area contributed by atoms with Crippen LogP contribution in [0.4, 0.5) is 0 Å². The number of nitrogens with one attached hydrogen (secondary N) is 1. The third-order valence-electron chi connectivity index (χ3n) is 7.73. The Kier molecular flexibility index (Phi) is 10.6. The van der Waals surface area contributed by atoms with E-state index in [1.54, 1.807) is 7.11 Å². The quantitative estimate of drug-likeness (QED) is 0.385. The first-order chi connectivity index (χ1) is 16.2. The molecule has 0 aromatic heterocycles. The highest BCUT2D eigenvalue weighted by Gasteiger charge is 2.41. The number of hydrogen-bond acceptors (Lipinski definition) is 6. The Hall–Kier alpha value is -0.803. The second-order valence-electron chi connectivity index (χ2n) is 11.4. The monoisotopic (exact) mass is 492 g/mol. The topological polar surface area (TPSA) is 52.2 Å². The van der Waals surface area contributed by atoms with Gasteiger partial charge in [0.25, 0.3) is 0 Å². The van der Waals surface area contributed by atoms with Crippen molar-refractivity contribution < 1.29 is 18.6 Å². The van der Waals surface area contributed by atoms with Crippen LogP contribution in [0.5, 0.6) is 0 Å². The summed E-state index contributed by atoms with van der Waals surface area (Å²) in [6.45, 7) is 14.9. The van der Waals surface area contributed by atoms with Crippen molar-refractivity contribution in [1.82, 2.24) is 10.4 Å². The smallest absolute Gasteiger partial charge is 0.192 e. The molecule has 0 aliphatic carbocycles. The van der Waals surface area contributed by atoms with Gasteiger partial charge in [-0.05, 0) is 55.8 Å². The molecule has 1 aromatic carbocycles. The summed E-state index contributed by atoms with van der Waals surface area (Å²) in [6, 6.07) is 11.4. The van der Waals surface area contributed by atoms with Crippen LogP contribution >= 0.6 is 0 Å². The number of hydrogen-bond donors (Lipinski definition) is 1. The van der Waals surface area contributed by atoms with Crippen molar-refractivity contribution in [3.63, 3.8) is 0 Å². The van der Waals surface area contributed by atoms with E-state index in [2.05, 4.69) is 74.6 Å². The third kappa shape index (κ3) is 8.12. The summed E-state index contributed by atoms with van der Waals surface area (Å²) in [5.41, 5.74) is 5.31. The number of hydrazine groups is 1. The van der Waals surface area contributed by atoms with Gasteiger partial charge >= 0.3 is 0 Å². The molecule has 3 rings (SSSR count). The van der Waals surface area contributed by atoms with E-state index in [4.69, 9.17) is 18.6 Å². The lowest BCUT2D eigenvalue weighted by molar-refractivity contribution is -0.0572. The summed E-state index contributed by atoms with van der Waals surface area (Å²) in [5.74, 6) is 0. The standard InChI is InChI=1S/C27H48N2O4Si/c1-27(2,3)34(5,6)33-25(16-17-26-31-19-20-32-26)24(15-14-22-11-8-7-9-12-22)28-29-18-10-13-23(29)21-30-4/h7-9,11-12,23-26,28H,10,13-21H2,1-6H3/t23-,24+,25-/m0/s1. The Morgan fingerprint density at radius 2 is 1.82 bits per heavy atom. The third-order valence-corrected chi connectivity index (χ3v) is 12.2. The van der Waals surface area contributed by atoms with Crippen molar-refractivity contribution in [2.75, 3.05) is 33.5 Å². The van der Waals surface area contributed by atoms with Gasteiger partial charge in [0.1, 0.15) is 0 Å². The molecule has 3 atom stereocenters. The molecule has 0 radical (unpaired) electrons. The lowest BCUT2D eigenvalue weighted by Crippen LogP contribution is -2.56. The SMILES string of the molecule is COC[C@@H]1CCCN1N[C@H](CCc1ccccc1)[C@H](CCC1OCCO1)O[Si](C)(C)C(C)(C)C. The van der Waals surface area contributed by atoms with E-state index in [1.165, 1.54) is 18.4 Å². The van der Waals surface area contributed by atoms with Gasteiger partial charge in [0, 0.05) is 32.2 Å². The Morgan fingerprint density at radius 3 is 2.47 bits per heavy atom. The molecule has 194 valence electrons. The van der Waals surface area contributed by atoms with E-state index >= 15 is 0 Å². The molecule has 34 heavy (non-hydrogen) atoms. The van der Waals surface area contributed by atoms with Gasteiger partial charge in [0.15, 0.2) is 14.6 Å². The van der Waals surface area contributed by atoms with E-state index in [9.17, 15) is 0 Å². The molecule has 6 nitrogen and oxygen atoms in total. The van der Waals surface area contributed by atoms with E-state index < -0.39 is 8.32 Å². The summed E-state index contributed by atoms with van der Waals surface area (Å²) in [5, 5.41) is 2.57. The van der Waals surface area contributed by atoms with E-state index in [1.807, 2.05) is 0 Å². The first-order valence-corrected chi connectivity index (χ1v) is 16.1. The number of ether oxygens (including phenoxy) is 3. The first-order valence-electron chi connectivity index (χ1n) is 13.2. The van der Waals surface area contributed by atoms with Crippen LogP contribution in [-0.2, 0) is 25.1 Å². The molecule has 1 N–H and O–H groups in total. The summed E-state index contributed by atoms with van der Waals surface area (Å²) >= 11 is 0. The van der Waals surface area contributed by atoms with Crippen molar-refractivity contribution in [2.24, 2.45) is 0 Å². The highest BCUT2D eigenvalue weighted by molar-refractivity contribution is 6.74. The van der Waals surface area contributed by atoms with E-state index in [0.29, 0.717) is 19.3 Å². The molecule has 2 heterocycles. The van der Waals surface area contributed by atoms with Gasteiger partial charge < -0.3 is 18.6 Å². The van der Waals surface area contributed by atoms with Gasteiger partial charge in [-0.2, -0.15) is 0 Å². The molecular formula is C27H48N2O4Si. The second kappa shape index (κ2) is 12.9. The first kappa shape index (κ1) is 27.8. The fourth-order valence-corrected chi connectivity index (χ4v) is 6.05. The lowest BCUT2D eigenvalue weighted by Gasteiger charge is -2.43. The summed E-state index contributed by atoms with van der Waals surface area (Å²) in [6.07, 6.45) is 6.19. The number of nitrogens with zero attached hydrogens (tertiary/aromatic N) is 1. The van der Waals surface area contributed by atoms with Crippen molar-refractivity contribution in [2.45, 2.75) is 102 Å². The van der Waals surface area contributed by atoms with Gasteiger partial charge in [-0.1, -0.05) is 51.1 Å². The molecule has 2 saturated heterocycles. The number of rotatable bonds is 13. The summed E-state index contributed by atoms with van der Waals surface area (Å²) < 4.78 is 24.2. The average molecular weight is 493 g/mol. The predicted octanol–water partition coefficient (Wildman–Crippen LogP) is 5.15. The molecule has 0 unspecified atom stereocenters. The minimum absolute atomic E-state index is 0.0983. The minimum atomic E-state index is -1.97. The molecule has 7 heteroatoms. The molecule has 2 aliphatic heterocycles. The molecule has 0 saturated carbocycles. The van der Waals surface area contributed by atoms with E-state index in [0.717, 1.165) is 38.8 Å². The van der Waals surface area contributed by atoms with Crippen LogP contribution in [0.15, 0.2) is 30.3 Å². The lowest BCUT2D eigenvalue weighted by atomic mass is 9.98. The highest BCUT2D eigenvalue weighted by atomic mass is 28.4. The van der Waals surface area contributed by atoms with Gasteiger partial charge in [-0.15, -0.1) is 0 Å². The van der Waals surface area contributed by atoms with Gasteiger partial charge in [0.05, 0.1) is 25.9 Å². The molecule has 0 bridgehead atoms. The number of benzene rings is 1. The predicted molar refractivity (Wildman–Crippen MR) is 140 cm³/mol. The van der Waals surface area contributed by atoms with Crippen molar-refractivity contribution in [3.05, 3.63) is 35.9 Å². The van der Waals surface area contributed by atoms with Crippen LogP contribution in [0.3, 0.4) is 0 Å². The fraction of sp³-hybridized carbons (Fsp3) is 0.778. The minimum Gasteiger partial charge on any atom is -0.412 e. The van der Waals surface area contributed by atoms with Crippen molar-refractivity contribution in [1.29, 1.82) is 0 Å². The Balaban J connectivity index is 1.79. The maximum absolute atomic E-state index is 7.13. The second-order valence-corrected chi connectivity index (χ2v) is 16.1. The van der Waals surface area contributed by atoms with Gasteiger partial charge in [-0.3, -0.25) is 0 Å². The van der Waals surface area contributed by atoms with Gasteiger partial charge in [0.2, 0.25) is 0 Å². The van der Waals surface area contributed by atoms with Crippen LogP contribution < -0.4 is 5.43 Å². The van der Waals surface area contributed by atoms with Crippen LogP contribution in [-0.4, -0.2) is 71.3 Å². The Labute approximate surface area is 208 Å². The number of methoxy groups -OCH3 is 1. The molecule has 0 spiro atoms. The fourth-order valence-electron chi connectivity index (χ4n) is 4.66. The van der Waals surface area contributed by atoms with Gasteiger partial charge in [-0.25, -0.2) is 10.4 Å². The van der Waals surface area contributed by atoms with Crippen LogP contribution in [0, 0.1) is 0 Å². The zero-order chi connectivity index (χ0) is 24.6. The number of aryl methyl sites for hydroxylation is 1. The van der Waals surface area contributed by atoms with E-state index in [-0.39, 0.29) is 23.5 Å².